The van der Waals surface area contributed by atoms with E-state index in [0.29, 0.717) is 19.6 Å². The zero-order valence-corrected chi connectivity index (χ0v) is 10.1. The summed E-state index contributed by atoms with van der Waals surface area (Å²) in [6, 6.07) is 1.95. The Balaban J connectivity index is 3.65. The molecule has 0 aromatic carbocycles. The molecule has 92 valence electrons. The number of carbonyl (C=O) groups excluding carboxylic acids is 1. The van der Waals surface area contributed by atoms with E-state index in [1.165, 1.54) is 0 Å². The minimum Gasteiger partial charge on any atom is -0.370 e. The van der Waals surface area contributed by atoms with Crippen LogP contribution in [0.5, 0.6) is 0 Å². The molecule has 0 aromatic heterocycles. The van der Waals surface area contributed by atoms with Gasteiger partial charge < -0.3 is 15.8 Å². The van der Waals surface area contributed by atoms with Crippen LogP contribution in [0.2, 0.25) is 0 Å². The summed E-state index contributed by atoms with van der Waals surface area (Å²) in [6.45, 7) is 4.75. The smallest absolute Gasteiger partial charge is 0.246 e. The van der Waals surface area contributed by atoms with Crippen molar-refractivity contribution in [3.8, 4) is 6.07 Å². The third-order valence-corrected chi connectivity index (χ3v) is 2.59. The van der Waals surface area contributed by atoms with Crippen LogP contribution in [0.1, 0.15) is 33.1 Å². The molecule has 0 bridgehead atoms. The minimum absolute atomic E-state index is 0.00434. The first kappa shape index (κ1) is 14.9. The van der Waals surface area contributed by atoms with Gasteiger partial charge in [-0.05, 0) is 12.8 Å². The van der Waals surface area contributed by atoms with E-state index in [2.05, 4.69) is 5.32 Å². The lowest BCUT2D eigenvalue weighted by molar-refractivity contribution is -0.126. The maximum absolute atomic E-state index is 11.2. The van der Waals surface area contributed by atoms with Gasteiger partial charge in [-0.2, -0.15) is 5.26 Å². The highest BCUT2D eigenvalue weighted by Gasteiger charge is 2.20. The van der Waals surface area contributed by atoms with E-state index >= 15 is 0 Å². The van der Waals surface area contributed by atoms with Gasteiger partial charge in [0, 0.05) is 12.1 Å². The van der Waals surface area contributed by atoms with Gasteiger partial charge in [-0.15, -0.1) is 0 Å². The summed E-state index contributed by atoms with van der Waals surface area (Å²) >= 11 is 0. The van der Waals surface area contributed by atoms with Gasteiger partial charge in [0.2, 0.25) is 5.91 Å². The molecule has 0 aliphatic heterocycles. The molecule has 0 saturated heterocycles. The van der Waals surface area contributed by atoms with Crippen molar-refractivity contribution in [2.45, 2.75) is 38.6 Å². The van der Waals surface area contributed by atoms with Gasteiger partial charge >= 0.3 is 0 Å². The number of amides is 1. The number of nitrogens with one attached hydrogen (secondary N) is 1. The third kappa shape index (κ3) is 6.38. The molecule has 0 saturated carbocycles. The molecule has 0 radical (unpaired) electrons. The molecule has 0 aliphatic rings. The first-order chi connectivity index (χ1) is 7.58. The molecule has 0 aromatic rings. The summed E-state index contributed by atoms with van der Waals surface area (Å²) in [7, 11) is 0. The van der Waals surface area contributed by atoms with Crippen LogP contribution >= 0.6 is 0 Å². The highest BCUT2D eigenvalue weighted by atomic mass is 16.5. The largest absolute Gasteiger partial charge is 0.370 e. The number of nitrogens with two attached hydrogens (primary N) is 1. The average Bonchev–Trinajstić information content (AvgIpc) is 2.29. The SMILES string of the molecule is CCC(N)(CC)COCC(=O)NCCC#N. The van der Waals surface area contributed by atoms with Crippen molar-refractivity contribution in [3.05, 3.63) is 0 Å². The summed E-state index contributed by atoms with van der Waals surface area (Å²) in [5.74, 6) is -0.204. The van der Waals surface area contributed by atoms with E-state index in [9.17, 15) is 4.79 Å². The maximum Gasteiger partial charge on any atom is 0.246 e. The van der Waals surface area contributed by atoms with Crippen LogP contribution in [0.25, 0.3) is 0 Å². The Kier molecular flexibility index (Phi) is 7.52. The molecule has 1 amide bonds. The number of nitriles is 1. The summed E-state index contributed by atoms with van der Waals surface area (Å²) in [6.07, 6.45) is 1.95. The monoisotopic (exact) mass is 227 g/mol. The van der Waals surface area contributed by atoms with Crippen molar-refractivity contribution < 1.29 is 9.53 Å². The van der Waals surface area contributed by atoms with E-state index in [1.54, 1.807) is 0 Å². The second-order valence-electron chi connectivity index (χ2n) is 3.82. The Hall–Kier alpha value is -1.12. The molecule has 3 N–H and O–H groups in total. The molecule has 0 atom stereocenters. The van der Waals surface area contributed by atoms with E-state index in [0.717, 1.165) is 12.8 Å². The zero-order chi connectivity index (χ0) is 12.4. The predicted octanol–water partition coefficient (Wildman–Crippen LogP) is 0.550. The lowest BCUT2D eigenvalue weighted by Crippen LogP contribution is -2.44. The quantitative estimate of drug-likeness (QED) is 0.593. The fourth-order valence-electron chi connectivity index (χ4n) is 1.11. The lowest BCUT2D eigenvalue weighted by atomic mass is 9.96. The number of rotatable bonds is 8. The maximum atomic E-state index is 11.2. The van der Waals surface area contributed by atoms with Crippen LogP contribution in [-0.2, 0) is 9.53 Å². The number of nitrogens with zero attached hydrogens (tertiary/aromatic N) is 1. The summed E-state index contributed by atoms with van der Waals surface area (Å²) in [5.41, 5.74) is 5.66. The Bertz CT molecular complexity index is 244. The summed E-state index contributed by atoms with van der Waals surface area (Å²) in [4.78, 5) is 11.2. The van der Waals surface area contributed by atoms with E-state index < -0.39 is 0 Å². The van der Waals surface area contributed by atoms with Gasteiger partial charge in [-0.3, -0.25) is 4.79 Å². The second kappa shape index (κ2) is 8.08. The topological polar surface area (TPSA) is 88.1 Å². The number of ether oxygens (including phenoxy) is 1. The second-order valence-corrected chi connectivity index (χ2v) is 3.82. The van der Waals surface area contributed by atoms with Crippen molar-refractivity contribution in [3.63, 3.8) is 0 Å². The molecule has 0 rings (SSSR count). The number of carbonyl (C=O) groups is 1. The Labute approximate surface area is 96.9 Å². The summed E-state index contributed by atoms with van der Waals surface area (Å²) < 4.78 is 5.25. The zero-order valence-electron chi connectivity index (χ0n) is 10.1. The van der Waals surface area contributed by atoms with Gasteiger partial charge in [0.25, 0.3) is 0 Å². The van der Waals surface area contributed by atoms with E-state index in [4.69, 9.17) is 15.7 Å². The fourth-order valence-corrected chi connectivity index (χ4v) is 1.11. The first-order valence-electron chi connectivity index (χ1n) is 5.58. The molecule has 0 heterocycles. The Morgan fingerprint density at radius 3 is 2.62 bits per heavy atom. The highest BCUT2D eigenvalue weighted by molar-refractivity contribution is 5.77. The van der Waals surface area contributed by atoms with Crippen molar-refractivity contribution in [2.24, 2.45) is 5.73 Å². The molecule has 5 heteroatoms. The van der Waals surface area contributed by atoms with Crippen molar-refractivity contribution in [2.75, 3.05) is 19.8 Å². The Morgan fingerprint density at radius 2 is 2.12 bits per heavy atom. The normalized spacial score (nSPS) is 10.9. The fraction of sp³-hybridized carbons (Fsp3) is 0.818. The molecule has 0 fully saturated rings. The molecular formula is C11H21N3O2. The average molecular weight is 227 g/mol. The van der Waals surface area contributed by atoms with Gasteiger partial charge in [0.15, 0.2) is 0 Å². The number of hydrogen-bond donors (Lipinski definition) is 2. The van der Waals surface area contributed by atoms with Crippen LogP contribution in [-0.4, -0.2) is 31.2 Å². The van der Waals surface area contributed by atoms with Gasteiger partial charge in [0.1, 0.15) is 6.61 Å². The molecular weight excluding hydrogens is 206 g/mol. The molecule has 0 aliphatic carbocycles. The Morgan fingerprint density at radius 1 is 1.50 bits per heavy atom. The molecule has 5 nitrogen and oxygen atoms in total. The van der Waals surface area contributed by atoms with Crippen molar-refractivity contribution in [1.29, 1.82) is 5.26 Å². The molecule has 0 unspecified atom stereocenters. The summed E-state index contributed by atoms with van der Waals surface area (Å²) in [5, 5.41) is 10.9. The van der Waals surface area contributed by atoms with Crippen molar-refractivity contribution >= 4 is 5.91 Å². The lowest BCUT2D eigenvalue weighted by Gasteiger charge is -2.25. The van der Waals surface area contributed by atoms with Crippen LogP contribution < -0.4 is 11.1 Å². The van der Waals surface area contributed by atoms with Gasteiger partial charge in [-0.25, -0.2) is 0 Å². The molecule has 16 heavy (non-hydrogen) atoms. The predicted molar refractivity (Wildman–Crippen MR) is 61.6 cm³/mol. The molecule has 0 spiro atoms. The van der Waals surface area contributed by atoms with Crippen LogP contribution in [0.15, 0.2) is 0 Å². The highest BCUT2D eigenvalue weighted by Crippen LogP contribution is 2.10. The van der Waals surface area contributed by atoms with Crippen LogP contribution in [0.3, 0.4) is 0 Å². The standard InChI is InChI=1S/C11H21N3O2/c1-3-11(13,4-2)9-16-8-10(15)14-7-5-6-12/h3-5,7-9,13H2,1-2H3,(H,14,15). The minimum atomic E-state index is -0.340. The van der Waals surface area contributed by atoms with E-state index in [1.807, 2.05) is 19.9 Å². The van der Waals surface area contributed by atoms with Gasteiger partial charge in [0.05, 0.1) is 19.1 Å². The van der Waals surface area contributed by atoms with Crippen LogP contribution in [0, 0.1) is 11.3 Å². The number of hydrogen-bond acceptors (Lipinski definition) is 4. The first-order valence-corrected chi connectivity index (χ1v) is 5.58. The van der Waals surface area contributed by atoms with Crippen molar-refractivity contribution in [1.82, 2.24) is 5.32 Å². The van der Waals surface area contributed by atoms with Gasteiger partial charge in [-0.1, -0.05) is 13.8 Å². The third-order valence-electron chi connectivity index (χ3n) is 2.59. The van der Waals surface area contributed by atoms with Crippen LogP contribution in [0.4, 0.5) is 0 Å². The van der Waals surface area contributed by atoms with E-state index in [-0.39, 0.29) is 18.1 Å².